The molecule has 0 saturated carbocycles. The average Bonchev–Trinajstić information content (AvgIpc) is 2.35. The summed E-state index contributed by atoms with van der Waals surface area (Å²) in [6.45, 7) is 6.10. The minimum absolute atomic E-state index is 0.158. The van der Waals surface area contributed by atoms with E-state index in [9.17, 15) is 0 Å². The minimum Gasteiger partial charge on any atom is -0.409 e. The molecule has 0 bridgehead atoms. The van der Waals surface area contributed by atoms with Gasteiger partial charge in [0.25, 0.3) is 0 Å². The molecule has 88 valence electrons. The molecule has 1 rings (SSSR count). The summed E-state index contributed by atoms with van der Waals surface area (Å²) in [6, 6.07) is 7.70. The monoisotopic (exact) mass is 221 g/mol. The van der Waals surface area contributed by atoms with E-state index in [1.54, 1.807) is 0 Å². The van der Waals surface area contributed by atoms with E-state index in [0.29, 0.717) is 0 Å². The normalized spacial score (nSPS) is 11.5. The van der Waals surface area contributed by atoms with Crippen LogP contribution in [-0.4, -0.2) is 24.1 Å². The summed E-state index contributed by atoms with van der Waals surface area (Å²) in [4.78, 5) is 2.22. The second-order valence-electron chi connectivity index (χ2n) is 3.58. The third-order valence-electron chi connectivity index (χ3n) is 2.50. The van der Waals surface area contributed by atoms with Crippen LogP contribution in [0.15, 0.2) is 29.4 Å². The van der Waals surface area contributed by atoms with Crippen LogP contribution in [0.25, 0.3) is 0 Å². The molecule has 0 unspecified atom stereocenters. The van der Waals surface area contributed by atoms with E-state index in [1.165, 1.54) is 0 Å². The molecule has 0 spiro atoms. The predicted octanol–water partition coefficient (Wildman–Crippen LogP) is 2.02. The van der Waals surface area contributed by atoms with Crippen LogP contribution in [0.3, 0.4) is 0 Å². The standard InChI is InChI=1S/C12H19N3O/c1-3-9-15(4-2)11-8-6-5-7-10(11)12(13)14-16/h5-8,16H,3-4,9H2,1-2H3,(H2,13,14). The van der Waals surface area contributed by atoms with Crippen molar-refractivity contribution >= 4 is 11.5 Å². The zero-order valence-corrected chi connectivity index (χ0v) is 9.85. The van der Waals surface area contributed by atoms with Gasteiger partial charge in [0.05, 0.1) is 0 Å². The first-order chi connectivity index (χ1) is 7.74. The van der Waals surface area contributed by atoms with Crippen molar-refractivity contribution in [2.45, 2.75) is 20.3 Å². The van der Waals surface area contributed by atoms with Gasteiger partial charge in [-0.2, -0.15) is 0 Å². The fourth-order valence-electron chi connectivity index (χ4n) is 1.74. The van der Waals surface area contributed by atoms with Gasteiger partial charge in [-0.1, -0.05) is 24.2 Å². The maximum absolute atomic E-state index is 8.74. The molecule has 16 heavy (non-hydrogen) atoms. The SMILES string of the molecule is CCCN(CC)c1ccccc1/C(N)=N/O. The Kier molecular flexibility index (Phi) is 4.64. The van der Waals surface area contributed by atoms with Crippen molar-refractivity contribution in [3.05, 3.63) is 29.8 Å². The van der Waals surface area contributed by atoms with Gasteiger partial charge in [0.15, 0.2) is 5.84 Å². The molecule has 1 aromatic carbocycles. The molecular weight excluding hydrogens is 202 g/mol. The number of hydrogen-bond donors (Lipinski definition) is 2. The van der Waals surface area contributed by atoms with Crippen molar-refractivity contribution in [2.24, 2.45) is 10.9 Å². The molecule has 3 N–H and O–H groups in total. The Morgan fingerprint density at radius 1 is 1.38 bits per heavy atom. The number of oxime groups is 1. The van der Waals surface area contributed by atoms with Crippen LogP contribution in [0.4, 0.5) is 5.69 Å². The molecule has 4 heteroatoms. The highest BCUT2D eigenvalue weighted by Crippen LogP contribution is 2.20. The maximum Gasteiger partial charge on any atom is 0.172 e. The zero-order chi connectivity index (χ0) is 12.0. The molecule has 0 heterocycles. The Hall–Kier alpha value is -1.71. The predicted molar refractivity (Wildman–Crippen MR) is 67.1 cm³/mol. The van der Waals surface area contributed by atoms with Crippen LogP contribution in [0.1, 0.15) is 25.8 Å². The summed E-state index contributed by atoms with van der Waals surface area (Å²) in [6.07, 6.45) is 1.07. The minimum atomic E-state index is 0.158. The lowest BCUT2D eigenvalue weighted by Gasteiger charge is -2.24. The number of para-hydroxylation sites is 1. The maximum atomic E-state index is 8.74. The van der Waals surface area contributed by atoms with E-state index in [2.05, 4.69) is 23.9 Å². The van der Waals surface area contributed by atoms with Gasteiger partial charge in [0, 0.05) is 24.3 Å². The molecule has 0 amide bonds. The summed E-state index contributed by atoms with van der Waals surface area (Å²) >= 11 is 0. The molecule has 0 saturated heterocycles. The van der Waals surface area contributed by atoms with Crippen molar-refractivity contribution in [1.29, 1.82) is 0 Å². The third-order valence-corrected chi connectivity index (χ3v) is 2.50. The molecule has 0 radical (unpaired) electrons. The molecule has 0 fully saturated rings. The Morgan fingerprint density at radius 2 is 2.06 bits per heavy atom. The van der Waals surface area contributed by atoms with Crippen LogP contribution in [-0.2, 0) is 0 Å². The third kappa shape index (κ3) is 2.66. The lowest BCUT2D eigenvalue weighted by molar-refractivity contribution is 0.318. The fourth-order valence-corrected chi connectivity index (χ4v) is 1.74. The summed E-state index contributed by atoms with van der Waals surface area (Å²) < 4.78 is 0. The quantitative estimate of drug-likeness (QED) is 0.346. The van der Waals surface area contributed by atoms with E-state index < -0.39 is 0 Å². The van der Waals surface area contributed by atoms with Gasteiger partial charge in [-0.3, -0.25) is 0 Å². The average molecular weight is 221 g/mol. The van der Waals surface area contributed by atoms with Crippen molar-refractivity contribution in [3.63, 3.8) is 0 Å². The first-order valence-corrected chi connectivity index (χ1v) is 5.56. The number of nitrogens with zero attached hydrogens (tertiary/aromatic N) is 2. The van der Waals surface area contributed by atoms with Crippen molar-refractivity contribution in [2.75, 3.05) is 18.0 Å². The van der Waals surface area contributed by atoms with Gasteiger partial charge < -0.3 is 15.8 Å². The largest absolute Gasteiger partial charge is 0.409 e. The van der Waals surface area contributed by atoms with Gasteiger partial charge >= 0.3 is 0 Å². The van der Waals surface area contributed by atoms with Crippen LogP contribution >= 0.6 is 0 Å². The number of rotatable bonds is 5. The Bertz CT molecular complexity index is 363. The smallest absolute Gasteiger partial charge is 0.172 e. The molecule has 0 aliphatic carbocycles. The van der Waals surface area contributed by atoms with Crippen LogP contribution in [0, 0.1) is 0 Å². The topological polar surface area (TPSA) is 61.8 Å². The Morgan fingerprint density at radius 3 is 2.62 bits per heavy atom. The molecule has 4 nitrogen and oxygen atoms in total. The number of anilines is 1. The molecule has 1 aromatic rings. The number of hydrogen-bond acceptors (Lipinski definition) is 3. The van der Waals surface area contributed by atoms with Crippen LogP contribution in [0.2, 0.25) is 0 Å². The molecular formula is C12H19N3O. The van der Waals surface area contributed by atoms with Crippen molar-refractivity contribution in [3.8, 4) is 0 Å². The summed E-state index contributed by atoms with van der Waals surface area (Å²) in [5.41, 5.74) is 7.45. The fraction of sp³-hybridized carbons (Fsp3) is 0.417. The summed E-state index contributed by atoms with van der Waals surface area (Å²) in [5.74, 6) is 0.158. The zero-order valence-electron chi connectivity index (χ0n) is 9.85. The van der Waals surface area contributed by atoms with Crippen molar-refractivity contribution in [1.82, 2.24) is 0 Å². The second-order valence-corrected chi connectivity index (χ2v) is 3.58. The molecule has 0 aliphatic heterocycles. The summed E-state index contributed by atoms with van der Waals surface area (Å²) in [5, 5.41) is 11.8. The summed E-state index contributed by atoms with van der Waals surface area (Å²) in [7, 11) is 0. The molecule has 0 atom stereocenters. The Labute approximate surface area is 96.4 Å². The highest BCUT2D eigenvalue weighted by Gasteiger charge is 2.11. The van der Waals surface area contributed by atoms with E-state index in [0.717, 1.165) is 30.8 Å². The van der Waals surface area contributed by atoms with Gasteiger partial charge in [0.2, 0.25) is 0 Å². The van der Waals surface area contributed by atoms with Crippen molar-refractivity contribution < 1.29 is 5.21 Å². The molecule has 0 aliphatic rings. The van der Waals surface area contributed by atoms with Gasteiger partial charge in [-0.25, -0.2) is 0 Å². The van der Waals surface area contributed by atoms with Gasteiger partial charge in [0.1, 0.15) is 0 Å². The van der Waals surface area contributed by atoms with E-state index in [1.807, 2.05) is 24.3 Å². The highest BCUT2D eigenvalue weighted by molar-refractivity contribution is 6.02. The lowest BCUT2D eigenvalue weighted by Crippen LogP contribution is -2.27. The van der Waals surface area contributed by atoms with Crippen LogP contribution < -0.4 is 10.6 Å². The Balaban J connectivity index is 3.10. The first kappa shape index (κ1) is 12.4. The number of amidine groups is 1. The van der Waals surface area contributed by atoms with Gasteiger partial charge in [-0.05, 0) is 25.5 Å². The van der Waals surface area contributed by atoms with Gasteiger partial charge in [-0.15, -0.1) is 0 Å². The van der Waals surface area contributed by atoms with E-state index in [4.69, 9.17) is 10.9 Å². The number of nitrogens with two attached hydrogens (primary N) is 1. The lowest BCUT2D eigenvalue weighted by atomic mass is 10.1. The first-order valence-electron chi connectivity index (χ1n) is 5.56. The van der Waals surface area contributed by atoms with E-state index in [-0.39, 0.29) is 5.84 Å². The number of benzene rings is 1. The van der Waals surface area contributed by atoms with E-state index >= 15 is 0 Å². The van der Waals surface area contributed by atoms with Crippen LogP contribution in [0.5, 0.6) is 0 Å². The molecule has 0 aromatic heterocycles. The second kappa shape index (κ2) is 6.00. The highest BCUT2D eigenvalue weighted by atomic mass is 16.4.